The van der Waals surface area contributed by atoms with Crippen molar-refractivity contribution in [3.05, 3.63) is 61.1 Å². The summed E-state index contributed by atoms with van der Waals surface area (Å²) in [7, 11) is 2.91. The summed E-state index contributed by atoms with van der Waals surface area (Å²) in [6.45, 7) is 1.56. The van der Waals surface area contributed by atoms with Crippen LogP contribution in [0.2, 0.25) is 5.02 Å². The molecule has 0 aliphatic carbocycles. The number of rotatable bonds is 5. The van der Waals surface area contributed by atoms with Gasteiger partial charge in [0.15, 0.2) is 11.5 Å². The van der Waals surface area contributed by atoms with Crippen LogP contribution in [0.15, 0.2) is 34.2 Å². The van der Waals surface area contributed by atoms with E-state index in [2.05, 4.69) is 10.1 Å². The highest BCUT2D eigenvalue weighted by Crippen LogP contribution is 2.32. The Morgan fingerprint density at radius 1 is 1.24 bits per heavy atom. The number of aromatic hydroxyl groups is 1. The zero-order valence-electron chi connectivity index (χ0n) is 15.5. The van der Waals surface area contributed by atoms with Crippen molar-refractivity contribution in [1.29, 1.82) is 0 Å². The number of nitrogens with zero attached hydrogens (tertiary/aromatic N) is 4. The van der Waals surface area contributed by atoms with Crippen LogP contribution in [0.3, 0.4) is 0 Å². The fourth-order valence-electron chi connectivity index (χ4n) is 2.71. The Kier molecular flexibility index (Phi) is 5.37. The highest BCUT2D eigenvalue weighted by Gasteiger charge is 2.18. The summed E-state index contributed by atoms with van der Waals surface area (Å²) in [6.07, 6.45) is 1.09. The minimum atomic E-state index is -0.771. The molecule has 0 aliphatic rings. The molecule has 2 aromatic carbocycles. The number of methoxy groups -OCH3 is 2. The van der Waals surface area contributed by atoms with Crippen molar-refractivity contribution in [3.63, 3.8) is 0 Å². The van der Waals surface area contributed by atoms with Gasteiger partial charge in [0.05, 0.1) is 36.3 Å². The summed E-state index contributed by atoms with van der Waals surface area (Å²) >= 11 is 5.87. The van der Waals surface area contributed by atoms with E-state index in [-0.39, 0.29) is 21.8 Å². The van der Waals surface area contributed by atoms with Crippen molar-refractivity contribution >= 4 is 34.4 Å². The van der Waals surface area contributed by atoms with Crippen molar-refractivity contribution in [3.8, 4) is 17.2 Å². The van der Waals surface area contributed by atoms with E-state index in [0.717, 1.165) is 17.0 Å². The van der Waals surface area contributed by atoms with Gasteiger partial charge < -0.3 is 14.6 Å². The molecule has 0 amide bonds. The van der Waals surface area contributed by atoms with Crippen LogP contribution in [0.4, 0.5) is 5.69 Å². The third-order valence-electron chi connectivity index (χ3n) is 4.11. The number of halogens is 1. The molecule has 0 saturated heterocycles. The Hall–Kier alpha value is -3.66. The highest BCUT2D eigenvalue weighted by atomic mass is 35.5. The van der Waals surface area contributed by atoms with Gasteiger partial charge in [-0.3, -0.25) is 14.9 Å². The molecule has 0 bridgehead atoms. The van der Waals surface area contributed by atoms with Crippen molar-refractivity contribution in [1.82, 2.24) is 9.66 Å². The summed E-state index contributed by atoms with van der Waals surface area (Å²) < 4.78 is 11.4. The Morgan fingerprint density at radius 2 is 1.90 bits per heavy atom. The Balaban J connectivity index is 2.16. The van der Waals surface area contributed by atoms with Crippen LogP contribution < -0.4 is 15.0 Å². The lowest BCUT2D eigenvalue weighted by molar-refractivity contribution is -0.385. The van der Waals surface area contributed by atoms with Crippen molar-refractivity contribution < 1.29 is 19.5 Å². The van der Waals surface area contributed by atoms with Crippen LogP contribution in [-0.2, 0) is 0 Å². The topological polar surface area (TPSA) is 129 Å². The van der Waals surface area contributed by atoms with Crippen molar-refractivity contribution in [2.75, 3.05) is 14.2 Å². The number of ether oxygens (including phenoxy) is 2. The lowest BCUT2D eigenvalue weighted by Crippen LogP contribution is -2.20. The van der Waals surface area contributed by atoms with Gasteiger partial charge in [-0.25, -0.2) is 4.98 Å². The van der Waals surface area contributed by atoms with Gasteiger partial charge >= 0.3 is 5.69 Å². The molecule has 3 rings (SSSR count). The Morgan fingerprint density at radius 3 is 2.52 bits per heavy atom. The van der Waals surface area contributed by atoms with Gasteiger partial charge in [-0.05, 0) is 19.1 Å². The van der Waals surface area contributed by atoms with Crippen LogP contribution >= 0.6 is 11.6 Å². The summed E-state index contributed by atoms with van der Waals surface area (Å²) in [5.41, 5.74) is -0.710. The lowest BCUT2D eigenvalue weighted by atomic mass is 10.2. The first-order valence-electron chi connectivity index (χ1n) is 8.13. The van der Waals surface area contributed by atoms with Crippen molar-refractivity contribution in [2.24, 2.45) is 5.10 Å². The van der Waals surface area contributed by atoms with E-state index in [1.807, 2.05) is 0 Å². The average molecular weight is 419 g/mol. The van der Waals surface area contributed by atoms with E-state index in [0.29, 0.717) is 17.0 Å². The quantitative estimate of drug-likeness (QED) is 0.383. The van der Waals surface area contributed by atoms with Gasteiger partial charge in [0, 0.05) is 22.7 Å². The van der Waals surface area contributed by atoms with E-state index in [9.17, 15) is 20.0 Å². The lowest BCUT2D eigenvalue weighted by Gasteiger charge is -2.10. The molecule has 1 N–H and O–H groups in total. The largest absolute Gasteiger partial charge is 0.502 e. The van der Waals surface area contributed by atoms with Crippen LogP contribution in [0.25, 0.3) is 10.9 Å². The number of aryl methyl sites for hydroxylation is 1. The predicted molar refractivity (Wildman–Crippen MR) is 107 cm³/mol. The van der Waals surface area contributed by atoms with Gasteiger partial charge in [-0.2, -0.15) is 9.78 Å². The summed E-state index contributed by atoms with van der Waals surface area (Å²) in [4.78, 5) is 27.5. The van der Waals surface area contributed by atoms with Gasteiger partial charge in [-0.1, -0.05) is 11.6 Å². The summed E-state index contributed by atoms with van der Waals surface area (Å²) in [5.74, 6) is 0.404. The molecule has 0 unspecified atom stereocenters. The zero-order chi connectivity index (χ0) is 21.3. The number of phenols is 1. The molecular formula is C18H15ClN4O6. The smallest absolute Gasteiger partial charge is 0.312 e. The molecule has 0 fully saturated rings. The molecule has 29 heavy (non-hydrogen) atoms. The van der Waals surface area contributed by atoms with Crippen molar-refractivity contribution in [2.45, 2.75) is 6.92 Å². The number of aromatic nitrogens is 2. The van der Waals surface area contributed by atoms with Gasteiger partial charge in [0.2, 0.25) is 5.75 Å². The molecule has 0 aliphatic heterocycles. The maximum absolute atomic E-state index is 12.9. The molecule has 0 saturated carbocycles. The maximum Gasteiger partial charge on any atom is 0.312 e. The molecule has 0 radical (unpaired) electrons. The number of hydrogen-bond acceptors (Lipinski definition) is 8. The Bertz CT molecular complexity index is 1220. The normalized spacial score (nSPS) is 11.2. The van der Waals surface area contributed by atoms with E-state index in [4.69, 9.17) is 21.1 Å². The van der Waals surface area contributed by atoms with E-state index < -0.39 is 21.9 Å². The number of nitro benzene ring substituents is 1. The summed E-state index contributed by atoms with van der Waals surface area (Å²) in [5, 5.41) is 25.4. The standard InChI is InChI=1S/C18H15ClN4O6/c1-9-21-13-7-16(29-3)15(28-2)6-12(13)18(25)22(9)20-8-10-4-11(19)5-14(17(10)24)23(26)27/h4-8,24H,1-3H3/b20-8+. The number of benzene rings is 2. The van der Waals surface area contributed by atoms with Crippen LogP contribution in [0, 0.1) is 17.0 Å². The fourth-order valence-corrected chi connectivity index (χ4v) is 2.93. The van der Waals surface area contributed by atoms with Gasteiger partial charge in [-0.15, -0.1) is 0 Å². The number of hydrogen-bond donors (Lipinski definition) is 1. The monoisotopic (exact) mass is 418 g/mol. The third-order valence-corrected chi connectivity index (χ3v) is 4.32. The number of fused-ring (bicyclic) bond motifs is 1. The second-order valence-electron chi connectivity index (χ2n) is 5.86. The second kappa shape index (κ2) is 7.76. The average Bonchev–Trinajstić information content (AvgIpc) is 2.68. The second-order valence-corrected chi connectivity index (χ2v) is 6.30. The highest BCUT2D eigenvalue weighted by molar-refractivity contribution is 6.31. The Labute approximate surface area is 168 Å². The SMILES string of the molecule is COc1cc2nc(C)n(/N=C/c3cc(Cl)cc([N+](=O)[O-])c3O)c(=O)c2cc1OC. The molecule has 11 heteroatoms. The molecule has 0 spiro atoms. The molecule has 1 heterocycles. The number of phenolic OH excluding ortho intramolecular Hbond substituents is 1. The predicted octanol–water partition coefficient (Wildman–Crippen LogP) is 2.87. The minimum absolute atomic E-state index is 0.0251. The first kappa shape index (κ1) is 20.1. The van der Waals surface area contributed by atoms with E-state index >= 15 is 0 Å². The van der Waals surface area contributed by atoms with Crippen LogP contribution in [-0.4, -0.2) is 40.1 Å². The van der Waals surface area contributed by atoms with Crippen LogP contribution in [0.5, 0.6) is 17.2 Å². The van der Waals surface area contributed by atoms with E-state index in [1.165, 1.54) is 26.4 Å². The first-order chi connectivity index (χ1) is 13.8. The maximum atomic E-state index is 12.9. The third kappa shape index (κ3) is 3.69. The van der Waals surface area contributed by atoms with Gasteiger partial charge in [0.1, 0.15) is 5.82 Å². The fraction of sp³-hybridized carbons (Fsp3) is 0.167. The molecule has 3 aromatic rings. The molecule has 10 nitrogen and oxygen atoms in total. The summed E-state index contributed by atoms with van der Waals surface area (Å²) in [6, 6.07) is 5.36. The molecule has 150 valence electrons. The first-order valence-corrected chi connectivity index (χ1v) is 8.51. The number of nitro groups is 1. The molecule has 1 aromatic heterocycles. The zero-order valence-corrected chi connectivity index (χ0v) is 16.3. The molecular weight excluding hydrogens is 404 g/mol. The van der Waals surface area contributed by atoms with E-state index in [1.54, 1.807) is 13.0 Å². The minimum Gasteiger partial charge on any atom is -0.502 e. The molecule has 0 atom stereocenters. The van der Waals surface area contributed by atoms with Gasteiger partial charge in [0.25, 0.3) is 5.56 Å². The van der Waals surface area contributed by atoms with Crippen LogP contribution in [0.1, 0.15) is 11.4 Å².